The van der Waals surface area contributed by atoms with Crippen LogP contribution in [0.1, 0.15) is 290 Å². The van der Waals surface area contributed by atoms with Crippen LogP contribution in [0.25, 0.3) is 0 Å². The molecule has 10 heteroatoms. The maximum atomic E-state index is 13.6. The molecule has 0 aliphatic heterocycles. The Hall–Kier alpha value is -4.11. The van der Waals surface area contributed by atoms with Crippen molar-refractivity contribution in [3.8, 4) is 0 Å². The second kappa shape index (κ2) is 66.8. The lowest BCUT2D eigenvalue weighted by Gasteiger charge is -2.27. The van der Waals surface area contributed by atoms with E-state index in [9.17, 15) is 19.0 Å². The van der Waals surface area contributed by atoms with Gasteiger partial charge in [0.25, 0.3) is 0 Å². The molecule has 9 nitrogen and oxygen atoms in total. The van der Waals surface area contributed by atoms with Crippen molar-refractivity contribution in [1.82, 2.24) is 5.32 Å². The number of quaternary nitrogens is 1. The van der Waals surface area contributed by atoms with Gasteiger partial charge in [-0.3, -0.25) is 18.6 Å². The van der Waals surface area contributed by atoms with E-state index < -0.39 is 20.0 Å². The molecule has 0 aromatic rings. The third-order valence-electron chi connectivity index (χ3n) is 15.3. The van der Waals surface area contributed by atoms with Crippen molar-refractivity contribution in [3.05, 3.63) is 146 Å². The summed E-state index contributed by atoms with van der Waals surface area (Å²) in [7, 11) is 1.47. The average molecular weight is 1260 g/mol. The fourth-order valence-corrected chi connectivity index (χ4v) is 10.5. The third kappa shape index (κ3) is 68.1. The van der Waals surface area contributed by atoms with E-state index in [0.29, 0.717) is 17.4 Å². The number of nitrogens with one attached hydrogen (secondary N) is 1. The zero-order chi connectivity index (χ0) is 64.9. The van der Waals surface area contributed by atoms with Gasteiger partial charge in [-0.2, -0.15) is 0 Å². The van der Waals surface area contributed by atoms with E-state index in [1.54, 1.807) is 0 Å². The number of allylic oxidation sites excluding steroid dienone is 23. The second-order valence-electron chi connectivity index (χ2n) is 25.0. The van der Waals surface area contributed by atoms with E-state index in [4.69, 9.17) is 13.8 Å². The topological polar surface area (TPSA) is 111 Å². The van der Waals surface area contributed by atoms with Gasteiger partial charge in [0.15, 0.2) is 0 Å². The van der Waals surface area contributed by atoms with Gasteiger partial charge < -0.3 is 19.4 Å². The summed E-state index contributed by atoms with van der Waals surface area (Å²) in [6.07, 6.45) is 97.2. The number of carbonyl (C=O) groups excluding carboxylic acids is 2. The molecule has 0 bridgehead atoms. The summed E-state index contributed by atoms with van der Waals surface area (Å²) in [5.41, 5.74) is 0. The number of ether oxygens (including phenoxy) is 1. The van der Waals surface area contributed by atoms with Crippen LogP contribution in [0.5, 0.6) is 0 Å². The standard InChI is InChI=1S/C79H135N2O7P/c1-7-10-13-16-19-22-25-27-29-31-33-35-37-39-40-42-44-46-48-50-52-54-57-60-63-66-69-72-79(83)88-77(70-67-64-61-58-55-24-21-18-15-12-9-3)76(75-87-89(84,85)86-74-73-81(4,5)6)80-78(82)71-68-65-62-59-56-53-51-49-47-45-43-41-38-36-34-32-30-28-26-23-20-17-14-11-8-2/h10-11,13-14,19-20,22-23,27-30,33-36,39-41,43-44,46,67,70,76-77H,7-9,12,15-18,21,24-26,31-32,37-38,42,45,47-66,68-69,71-75H2,1-6H3,(H-,80,82,84,85)/p+1/b13-10-,14-11-,22-19-,23-20-,29-27-,30-28-,35-33-,36-34-,40-39-,43-41-,46-44-,70-67+. The van der Waals surface area contributed by atoms with Crippen molar-refractivity contribution in [2.75, 3.05) is 40.9 Å². The lowest BCUT2D eigenvalue weighted by molar-refractivity contribution is -0.870. The van der Waals surface area contributed by atoms with E-state index in [1.807, 2.05) is 33.3 Å². The van der Waals surface area contributed by atoms with Gasteiger partial charge in [0.05, 0.1) is 33.8 Å². The van der Waals surface area contributed by atoms with Crippen LogP contribution in [-0.4, -0.2) is 74.3 Å². The molecule has 89 heavy (non-hydrogen) atoms. The normalized spacial score (nSPS) is 14.4. The first-order valence-electron chi connectivity index (χ1n) is 36.2. The summed E-state index contributed by atoms with van der Waals surface area (Å²) >= 11 is 0. The van der Waals surface area contributed by atoms with Crippen LogP contribution in [0.3, 0.4) is 0 Å². The molecular formula is C79H136N2O7P+. The molecule has 3 atom stereocenters. The number of rotatable bonds is 64. The lowest BCUT2D eigenvalue weighted by Crippen LogP contribution is -2.47. The van der Waals surface area contributed by atoms with Crippen LogP contribution in [-0.2, 0) is 27.9 Å². The maximum absolute atomic E-state index is 13.6. The van der Waals surface area contributed by atoms with E-state index in [-0.39, 0.29) is 31.5 Å². The van der Waals surface area contributed by atoms with Crippen LogP contribution in [0, 0.1) is 0 Å². The minimum atomic E-state index is -4.47. The van der Waals surface area contributed by atoms with Crippen LogP contribution >= 0.6 is 7.82 Å². The molecule has 3 unspecified atom stereocenters. The molecular weight excluding hydrogens is 1120 g/mol. The van der Waals surface area contributed by atoms with Crippen LogP contribution in [0.15, 0.2) is 146 Å². The summed E-state index contributed by atoms with van der Waals surface area (Å²) in [4.78, 5) is 37.9. The fraction of sp³-hybridized carbons (Fsp3) is 0.671. The molecule has 0 saturated carbocycles. The highest BCUT2D eigenvalue weighted by Gasteiger charge is 2.30. The van der Waals surface area contributed by atoms with Crippen molar-refractivity contribution >= 4 is 19.7 Å². The number of phosphoric acid groups is 1. The van der Waals surface area contributed by atoms with Gasteiger partial charge in [-0.05, 0) is 128 Å². The molecule has 508 valence electrons. The molecule has 0 radical (unpaired) electrons. The highest BCUT2D eigenvalue weighted by Crippen LogP contribution is 2.43. The number of nitrogens with zero attached hydrogens (tertiary/aromatic N) is 1. The first-order valence-corrected chi connectivity index (χ1v) is 37.7. The number of esters is 1. The molecule has 0 spiro atoms. The SMILES string of the molecule is CC/C=C\C/C=C\C/C=C\C/C=C\C/C=C\C/C=C\CCCCCCCCCCC(=O)OC(/C=C/CCCCCCCCCCC)C(COP(=O)(O)OCC[N+](C)(C)C)NC(=O)CCCCCCCCCCC/C=C\C/C=C\C/C=C\C/C=C\C/C=C\CC. The van der Waals surface area contributed by atoms with Crippen LogP contribution in [0.4, 0.5) is 0 Å². The number of hydrogen-bond acceptors (Lipinski definition) is 6. The number of likely N-dealkylation sites (N-methyl/N-ethyl adjacent to an activating group) is 1. The molecule has 0 fully saturated rings. The fourth-order valence-electron chi connectivity index (χ4n) is 9.79. The largest absolute Gasteiger partial charge is 0.472 e. The molecule has 1 amide bonds. The summed E-state index contributed by atoms with van der Waals surface area (Å²) in [6.45, 7) is 6.77. The van der Waals surface area contributed by atoms with Crippen molar-refractivity contribution in [1.29, 1.82) is 0 Å². The average Bonchev–Trinajstić information content (AvgIpc) is 3.71. The smallest absolute Gasteiger partial charge is 0.456 e. The Morgan fingerprint density at radius 3 is 1.08 bits per heavy atom. The number of unbranched alkanes of at least 4 members (excludes halogenated alkanes) is 26. The zero-order valence-corrected chi connectivity index (χ0v) is 59.0. The molecule has 0 aliphatic carbocycles. The van der Waals surface area contributed by atoms with Crippen molar-refractivity contribution < 1.29 is 37.3 Å². The minimum Gasteiger partial charge on any atom is -0.456 e. The number of carbonyl (C=O) groups is 2. The number of amides is 1. The first-order chi connectivity index (χ1) is 43.4. The Kier molecular flexibility index (Phi) is 63.7. The molecule has 0 aromatic heterocycles. The molecule has 0 saturated heterocycles. The molecule has 0 heterocycles. The first kappa shape index (κ1) is 84.9. The van der Waals surface area contributed by atoms with Gasteiger partial charge in [-0.1, -0.05) is 295 Å². The zero-order valence-electron chi connectivity index (χ0n) is 58.1. The van der Waals surface area contributed by atoms with Gasteiger partial charge in [-0.15, -0.1) is 0 Å². The highest BCUT2D eigenvalue weighted by atomic mass is 31.2. The van der Waals surface area contributed by atoms with Gasteiger partial charge in [0.2, 0.25) is 5.91 Å². The monoisotopic (exact) mass is 1260 g/mol. The van der Waals surface area contributed by atoms with E-state index in [0.717, 1.165) is 154 Å². The molecule has 0 aliphatic rings. The maximum Gasteiger partial charge on any atom is 0.472 e. The Labute approximate surface area is 548 Å². The third-order valence-corrected chi connectivity index (χ3v) is 16.3. The van der Waals surface area contributed by atoms with Crippen molar-refractivity contribution in [3.63, 3.8) is 0 Å². The quantitative estimate of drug-likeness (QED) is 0.0205. The van der Waals surface area contributed by atoms with E-state index in [1.165, 1.54) is 103 Å². The van der Waals surface area contributed by atoms with Gasteiger partial charge in [0.1, 0.15) is 19.3 Å². The summed E-state index contributed by atoms with van der Waals surface area (Å²) in [6, 6.07) is -0.867. The Morgan fingerprint density at radius 1 is 0.404 bits per heavy atom. The summed E-state index contributed by atoms with van der Waals surface area (Å²) < 4.78 is 30.8. The predicted octanol–water partition coefficient (Wildman–Crippen LogP) is 23.3. The number of phosphoric ester groups is 1. The van der Waals surface area contributed by atoms with E-state index in [2.05, 4.69) is 160 Å². The van der Waals surface area contributed by atoms with Gasteiger partial charge in [0, 0.05) is 12.8 Å². The van der Waals surface area contributed by atoms with Gasteiger partial charge >= 0.3 is 13.8 Å². The van der Waals surface area contributed by atoms with Gasteiger partial charge in [-0.25, -0.2) is 4.57 Å². The van der Waals surface area contributed by atoms with Crippen LogP contribution in [0.2, 0.25) is 0 Å². The van der Waals surface area contributed by atoms with E-state index >= 15 is 0 Å². The lowest BCUT2D eigenvalue weighted by atomic mass is 10.0. The predicted molar refractivity (Wildman–Crippen MR) is 387 cm³/mol. The second-order valence-corrected chi connectivity index (χ2v) is 26.4. The minimum absolute atomic E-state index is 0.0300. The number of hydrogen-bond donors (Lipinski definition) is 2. The summed E-state index contributed by atoms with van der Waals surface area (Å²) in [5, 5.41) is 3.06. The van der Waals surface area contributed by atoms with Crippen LogP contribution < -0.4 is 5.32 Å². The van der Waals surface area contributed by atoms with Crippen molar-refractivity contribution in [2.45, 2.75) is 303 Å². The Balaban J connectivity index is 5.06. The Bertz CT molecular complexity index is 2030. The Morgan fingerprint density at radius 2 is 0.719 bits per heavy atom. The van der Waals surface area contributed by atoms with Crippen molar-refractivity contribution in [2.24, 2.45) is 0 Å². The molecule has 0 rings (SSSR count). The highest BCUT2D eigenvalue weighted by molar-refractivity contribution is 7.47. The molecule has 0 aromatic carbocycles. The molecule has 2 N–H and O–H groups in total. The summed E-state index contributed by atoms with van der Waals surface area (Å²) in [5.74, 6) is -0.528.